The SMILES string of the molecule is Cc1ccc(/N=C(\c2ccccc2)c2ccc(/C(=N/c3ccccc3)c3ccccc3)cc2)cc1. The second kappa shape index (κ2) is 10.6. The zero-order chi connectivity index (χ0) is 23.9. The van der Waals surface area contributed by atoms with Gasteiger partial charge >= 0.3 is 0 Å². The van der Waals surface area contributed by atoms with Crippen LogP contribution in [0.4, 0.5) is 11.4 Å². The van der Waals surface area contributed by atoms with Crippen LogP contribution in [0.5, 0.6) is 0 Å². The highest BCUT2D eigenvalue weighted by Gasteiger charge is 2.11. The Morgan fingerprint density at radius 2 is 0.714 bits per heavy atom. The molecule has 0 N–H and O–H groups in total. The number of hydrogen-bond acceptors (Lipinski definition) is 2. The van der Waals surface area contributed by atoms with E-state index in [0.717, 1.165) is 45.1 Å². The molecule has 168 valence electrons. The monoisotopic (exact) mass is 450 g/mol. The number of aryl methyl sites for hydroxylation is 1. The van der Waals surface area contributed by atoms with Gasteiger partial charge in [0.25, 0.3) is 0 Å². The molecule has 5 aromatic carbocycles. The van der Waals surface area contributed by atoms with Crippen molar-refractivity contribution in [2.45, 2.75) is 6.92 Å². The van der Waals surface area contributed by atoms with Crippen LogP contribution in [0.2, 0.25) is 0 Å². The number of aliphatic imine (C=N–C) groups is 2. The Balaban J connectivity index is 1.57. The minimum atomic E-state index is 0.932. The van der Waals surface area contributed by atoms with E-state index in [9.17, 15) is 0 Å². The van der Waals surface area contributed by atoms with E-state index in [0.29, 0.717) is 0 Å². The lowest BCUT2D eigenvalue weighted by atomic mass is 9.97. The number of rotatable bonds is 6. The predicted molar refractivity (Wildman–Crippen MR) is 148 cm³/mol. The lowest BCUT2D eigenvalue weighted by molar-refractivity contribution is 1.42. The van der Waals surface area contributed by atoms with E-state index < -0.39 is 0 Å². The van der Waals surface area contributed by atoms with Crippen LogP contribution < -0.4 is 0 Å². The molecule has 0 saturated heterocycles. The molecule has 0 heterocycles. The summed E-state index contributed by atoms with van der Waals surface area (Å²) >= 11 is 0. The summed E-state index contributed by atoms with van der Waals surface area (Å²) in [6.07, 6.45) is 0. The number of para-hydroxylation sites is 1. The third-order valence-corrected chi connectivity index (χ3v) is 5.80. The average Bonchev–Trinajstić information content (AvgIpc) is 2.93. The van der Waals surface area contributed by atoms with Crippen molar-refractivity contribution in [3.8, 4) is 0 Å². The van der Waals surface area contributed by atoms with Crippen LogP contribution in [0.15, 0.2) is 150 Å². The van der Waals surface area contributed by atoms with E-state index in [1.807, 2.05) is 66.7 Å². The molecule has 0 aliphatic heterocycles. The summed E-state index contributed by atoms with van der Waals surface area (Å²) in [5.41, 5.74) is 9.28. The van der Waals surface area contributed by atoms with Gasteiger partial charge in [0.05, 0.1) is 22.8 Å². The molecule has 35 heavy (non-hydrogen) atoms. The quantitative estimate of drug-likeness (QED) is 0.232. The van der Waals surface area contributed by atoms with Gasteiger partial charge in [-0.25, -0.2) is 9.98 Å². The topological polar surface area (TPSA) is 24.7 Å². The maximum atomic E-state index is 5.03. The van der Waals surface area contributed by atoms with Gasteiger partial charge in [-0.1, -0.05) is 121 Å². The van der Waals surface area contributed by atoms with Crippen LogP contribution in [0.25, 0.3) is 0 Å². The molecule has 0 spiro atoms. The van der Waals surface area contributed by atoms with Gasteiger partial charge < -0.3 is 0 Å². The summed E-state index contributed by atoms with van der Waals surface area (Å²) in [4.78, 5) is 10.0. The second-order valence-corrected chi connectivity index (χ2v) is 8.40. The molecule has 5 rings (SSSR count). The highest BCUT2D eigenvalue weighted by Crippen LogP contribution is 2.22. The van der Waals surface area contributed by atoms with Crippen molar-refractivity contribution in [3.05, 3.63) is 167 Å². The van der Waals surface area contributed by atoms with Gasteiger partial charge in [-0.2, -0.15) is 0 Å². The normalized spacial score (nSPS) is 11.9. The summed E-state index contributed by atoms with van der Waals surface area (Å²) < 4.78 is 0. The van der Waals surface area contributed by atoms with Gasteiger partial charge in [-0.3, -0.25) is 0 Å². The van der Waals surface area contributed by atoms with Crippen LogP contribution in [0, 0.1) is 6.92 Å². The van der Waals surface area contributed by atoms with E-state index in [-0.39, 0.29) is 0 Å². The first-order valence-electron chi connectivity index (χ1n) is 11.8. The molecule has 0 aliphatic carbocycles. The molecule has 5 aromatic rings. The van der Waals surface area contributed by atoms with Gasteiger partial charge in [0.1, 0.15) is 0 Å². The lowest BCUT2D eigenvalue weighted by Crippen LogP contribution is -2.06. The second-order valence-electron chi connectivity index (χ2n) is 8.40. The molecule has 0 radical (unpaired) electrons. The zero-order valence-corrected chi connectivity index (χ0v) is 19.7. The highest BCUT2D eigenvalue weighted by atomic mass is 14.8. The molecule has 0 aliphatic rings. The third-order valence-electron chi connectivity index (χ3n) is 5.80. The molecule has 0 amide bonds. The van der Waals surface area contributed by atoms with Crippen LogP contribution in [0.3, 0.4) is 0 Å². The Labute approximate surface area is 207 Å². The van der Waals surface area contributed by atoms with Crippen molar-refractivity contribution in [2.24, 2.45) is 9.98 Å². The van der Waals surface area contributed by atoms with Crippen LogP contribution in [0.1, 0.15) is 27.8 Å². The van der Waals surface area contributed by atoms with Crippen molar-refractivity contribution in [1.29, 1.82) is 0 Å². The first kappa shape index (κ1) is 22.2. The Morgan fingerprint density at radius 3 is 1.14 bits per heavy atom. The minimum absolute atomic E-state index is 0.932. The van der Waals surface area contributed by atoms with Gasteiger partial charge in [0, 0.05) is 22.3 Å². The maximum absolute atomic E-state index is 5.03. The number of hydrogen-bond donors (Lipinski definition) is 0. The molecule has 0 aromatic heterocycles. The molecule has 0 atom stereocenters. The van der Waals surface area contributed by atoms with Crippen molar-refractivity contribution >= 4 is 22.8 Å². The molecular weight excluding hydrogens is 424 g/mol. The average molecular weight is 451 g/mol. The molecular formula is C33H26N2. The van der Waals surface area contributed by atoms with E-state index >= 15 is 0 Å². The van der Waals surface area contributed by atoms with E-state index in [2.05, 4.69) is 79.7 Å². The van der Waals surface area contributed by atoms with Crippen molar-refractivity contribution < 1.29 is 0 Å². The first-order chi connectivity index (χ1) is 17.3. The Bertz CT molecular complexity index is 1430. The summed E-state index contributed by atoms with van der Waals surface area (Å²) in [5.74, 6) is 0. The fraction of sp³-hybridized carbons (Fsp3) is 0.0303. The van der Waals surface area contributed by atoms with Gasteiger partial charge in [-0.15, -0.1) is 0 Å². The number of benzene rings is 5. The Kier molecular flexibility index (Phi) is 6.72. The van der Waals surface area contributed by atoms with Gasteiger partial charge in [0.2, 0.25) is 0 Å². The molecule has 0 unspecified atom stereocenters. The third kappa shape index (κ3) is 5.51. The van der Waals surface area contributed by atoms with Gasteiger partial charge in [0.15, 0.2) is 0 Å². The summed E-state index contributed by atoms with van der Waals surface area (Å²) in [5, 5.41) is 0. The zero-order valence-electron chi connectivity index (χ0n) is 19.7. The fourth-order valence-corrected chi connectivity index (χ4v) is 3.95. The van der Waals surface area contributed by atoms with Crippen molar-refractivity contribution in [1.82, 2.24) is 0 Å². The molecule has 2 heteroatoms. The lowest BCUT2D eigenvalue weighted by Gasteiger charge is -2.11. The Hall–Kier alpha value is -4.56. The minimum Gasteiger partial charge on any atom is -0.248 e. The van der Waals surface area contributed by atoms with Crippen LogP contribution in [-0.4, -0.2) is 11.4 Å². The molecule has 0 bridgehead atoms. The first-order valence-corrected chi connectivity index (χ1v) is 11.8. The standard InChI is InChI=1S/C33H26N2/c1-25-17-23-31(24-18-25)35-33(27-13-7-3-8-14-27)29-21-19-28(20-22-29)32(26-11-5-2-6-12-26)34-30-15-9-4-10-16-30/h2-24H,1H3/b34-32+,35-33+. The van der Waals surface area contributed by atoms with Crippen LogP contribution >= 0.6 is 0 Å². The number of nitrogens with zero attached hydrogens (tertiary/aromatic N) is 2. The fourth-order valence-electron chi connectivity index (χ4n) is 3.95. The maximum Gasteiger partial charge on any atom is 0.0781 e. The van der Waals surface area contributed by atoms with Crippen LogP contribution in [-0.2, 0) is 0 Å². The summed E-state index contributed by atoms with van der Waals surface area (Å²) in [6, 6.07) is 47.6. The summed E-state index contributed by atoms with van der Waals surface area (Å²) in [7, 11) is 0. The largest absolute Gasteiger partial charge is 0.248 e. The molecule has 2 nitrogen and oxygen atoms in total. The van der Waals surface area contributed by atoms with E-state index in [1.54, 1.807) is 0 Å². The summed E-state index contributed by atoms with van der Waals surface area (Å²) in [6.45, 7) is 2.09. The van der Waals surface area contributed by atoms with E-state index in [4.69, 9.17) is 9.98 Å². The predicted octanol–water partition coefficient (Wildman–Crippen LogP) is 8.33. The molecule has 0 fully saturated rings. The smallest absolute Gasteiger partial charge is 0.0781 e. The van der Waals surface area contributed by atoms with Gasteiger partial charge in [-0.05, 0) is 31.2 Å². The van der Waals surface area contributed by atoms with Crippen molar-refractivity contribution in [2.75, 3.05) is 0 Å². The highest BCUT2D eigenvalue weighted by molar-refractivity contribution is 6.16. The molecule has 0 saturated carbocycles. The van der Waals surface area contributed by atoms with E-state index in [1.165, 1.54) is 5.56 Å². The van der Waals surface area contributed by atoms with Crippen molar-refractivity contribution in [3.63, 3.8) is 0 Å². The Morgan fingerprint density at radius 1 is 0.371 bits per heavy atom.